The zero-order valence-electron chi connectivity index (χ0n) is 17.5. The number of para-hydroxylation sites is 2. The molecule has 0 saturated carbocycles. The van der Waals surface area contributed by atoms with E-state index in [9.17, 15) is 18.0 Å². The van der Waals surface area contributed by atoms with Crippen LogP contribution < -0.4 is 5.69 Å². The first-order valence-electron chi connectivity index (χ1n) is 10.2. The Labute approximate surface area is 189 Å². The topological polar surface area (TPSA) is 116 Å². The predicted molar refractivity (Wildman–Crippen MR) is 121 cm³/mol. The number of nitrogens with zero attached hydrogens (tertiary/aromatic N) is 3. The average molecular weight is 479 g/mol. The number of esters is 1. The fraction of sp³-hybridized carbons (Fsp3) is 0.381. The van der Waals surface area contributed by atoms with Gasteiger partial charge < -0.3 is 9.72 Å². The maximum absolute atomic E-state index is 12.1. The molecule has 3 aromatic rings. The lowest BCUT2D eigenvalue weighted by Gasteiger charge is -2.09. The van der Waals surface area contributed by atoms with Gasteiger partial charge in [-0.25, -0.2) is 22.7 Å². The monoisotopic (exact) mass is 478 g/mol. The molecule has 0 bridgehead atoms. The molecule has 1 unspecified atom stereocenters. The van der Waals surface area contributed by atoms with E-state index in [0.29, 0.717) is 35.8 Å². The molecule has 0 amide bonds. The number of nitrogens with one attached hydrogen (secondary N) is 1. The van der Waals surface area contributed by atoms with Crippen molar-refractivity contribution >= 4 is 44.5 Å². The van der Waals surface area contributed by atoms with Crippen LogP contribution in [-0.4, -0.2) is 51.8 Å². The van der Waals surface area contributed by atoms with E-state index in [4.69, 9.17) is 16.3 Å². The predicted octanol–water partition coefficient (Wildman–Crippen LogP) is 2.49. The van der Waals surface area contributed by atoms with Gasteiger partial charge in [0, 0.05) is 18.2 Å². The minimum atomic E-state index is -3.07. The summed E-state index contributed by atoms with van der Waals surface area (Å²) in [4.78, 5) is 26.9. The molecule has 11 heteroatoms. The van der Waals surface area contributed by atoms with E-state index in [2.05, 4.69) is 10.1 Å². The first kappa shape index (κ1) is 22.3. The lowest BCUT2D eigenvalue weighted by molar-refractivity contribution is -0.137. The largest absolute Gasteiger partial charge is 0.462 e. The Morgan fingerprint density at radius 1 is 1.38 bits per heavy atom. The number of imidazole rings is 1. The van der Waals surface area contributed by atoms with Crippen molar-refractivity contribution in [2.24, 2.45) is 0 Å². The third kappa shape index (κ3) is 4.66. The van der Waals surface area contributed by atoms with Crippen LogP contribution in [0, 0.1) is 6.92 Å². The number of aryl methyl sites for hydroxylation is 2. The van der Waals surface area contributed by atoms with Crippen molar-refractivity contribution in [1.82, 2.24) is 19.3 Å². The van der Waals surface area contributed by atoms with Crippen molar-refractivity contribution in [3.05, 3.63) is 57.2 Å². The number of carbonyl (C=O) groups is 1. The van der Waals surface area contributed by atoms with E-state index in [-0.39, 0.29) is 29.8 Å². The minimum absolute atomic E-state index is 0.0125. The van der Waals surface area contributed by atoms with Gasteiger partial charge in [-0.05, 0) is 38.0 Å². The van der Waals surface area contributed by atoms with Crippen LogP contribution in [0.3, 0.4) is 0 Å². The highest BCUT2D eigenvalue weighted by Crippen LogP contribution is 2.30. The van der Waals surface area contributed by atoms with Gasteiger partial charge in [0.25, 0.3) is 0 Å². The zero-order chi connectivity index (χ0) is 22.9. The molecule has 4 rings (SSSR count). The number of aromatic nitrogens is 4. The number of aromatic amines is 1. The number of hydrogen-bond acceptors (Lipinski definition) is 6. The Hall–Kier alpha value is -2.85. The summed E-state index contributed by atoms with van der Waals surface area (Å²) < 4.78 is 31.8. The number of halogens is 1. The van der Waals surface area contributed by atoms with Gasteiger partial charge >= 0.3 is 11.7 Å². The van der Waals surface area contributed by atoms with Crippen LogP contribution in [-0.2, 0) is 25.9 Å². The normalized spacial score (nSPS) is 18.0. The van der Waals surface area contributed by atoms with Crippen molar-refractivity contribution in [2.45, 2.75) is 32.4 Å². The van der Waals surface area contributed by atoms with Gasteiger partial charge in [0.1, 0.15) is 5.15 Å². The molecule has 0 radical (unpaired) electrons. The molecule has 170 valence electrons. The fourth-order valence-electron chi connectivity index (χ4n) is 3.86. The van der Waals surface area contributed by atoms with Crippen LogP contribution >= 0.6 is 11.6 Å². The summed E-state index contributed by atoms with van der Waals surface area (Å²) in [6, 6.07) is 7.10. The molecule has 2 aromatic heterocycles. The van der Waals surface area contributed by atoms with Gasteiger partial charge in [-0.3, -0.25) is 4.57 Å². The number of H-pyrrole nitrogens is 1. The van der Waals surface area contributed by atoms with Gasteiger partial charge in [0.05, 0.1) is 40.9 Å². The Morgan fingerprint density at radius 3 is 2.91 bits per heavy atom. The Kier molecular flexibility index (Phi) is 6.25. The maximum atomic E-state index is 12.1. The number of ether oxygens (including phenoxy) is 1. The number of hydrogen-bond donors (Lipinski definition) is 1. The number of fused-ring (bicyclic) bond motifs is 1. The smallest absolute Gasteiger partial charge is 0.330 e. The van der Waals surface area contributed by atoms with Gasteiger partial charge in [0.15, 0.2) is 9.84 Å². The molecular weight excluding hydrogens is 456 g/mol. The van der Waals surface area contributed by atoms with Gasteiger partial charge in [-0.2, -0.15) is 5.10 Å². The van der Waals surface area contributed by atoms with E-state index >= 15 is 0 Å². The number of benzene rings is 1. The van der Waals surface area contributed by atoms with Crippen LogP contribution in [0.5, 0.6) is 0 Å². The van der Waals surface area contributed by atoms with Gasteiger partial charge in [0.2, 0.25) is 0 Å². The minimum Gasteiger partial charge on any atom is -0.462 e. The second-order valence-corrected chi connectivity index (χ2v) is 10.3. The first-order valence-corrected chi connectivity index (χ1v) is 12.4. The van der Waals surface area contributed by atoms with Crippen molar-refractivity contribution in [3.63, 3.8) is 0 Å². The number of rotatable bonds is 7. The number of carbonyl (C=O) groups excluding carboxylic acids is 1. The van der Waals surface area contributed by atoms with E-state index in [1.54, 1.807) is 11.5 Å². The average Bonchev–Trinajstić information content (AvgIpc) is 3.36. The van der Waals surface area contributed by atoms with E-state index < -0.39 is 15.8 Å². The Balaban J connectivity index is 1.33. The number of sulfone groups is 1. The Bertz CT molecular complexity index is 1350. The van der Waals surface area contributed by atoms with Crippen molar-refractivity contribution in [2.75, 3.05) is 18.1 Å². The highest BCUT2D eigenvalue weighted by molar-refractivity contribution is 7.91. The van der Waals surface area contributed by atoms with Crippen molar-refractivity contribution in [3.8, 4) is 0 Å². The second kappa shape index (κ2) is 8.95. The molecule has 1 saturated heterocycles. The molecule has 1 aliphatic rings. The fourth-order valence-corrected chi connectivity index (χ4v) is 5.92. The first-order chi connectivity index (χ1) is 15.2. The summed E-state index contributed by atoms with van der Waals surface area (Å²) in [6.07, 6.45) is 3.74. The molecule has 3 heterocycles. The van der Waals surface area contributed by atoms with Gasteiger partial charge in [-0.15, -0.1) is 0 Å². The van der Waals surface area contributed by atoms with E-state index in [1.165, 1.54) is 16.8 Å². The molecule has 1 aromatic carbocycles. The summed E-state index contributed by atoms with van der Waals surface area (Å²) >= 11 is 6.40. The lowest BCUT2D eigenvalue weighted by Crippen LogP contribution is -2.18. The third-order valence-electron chi connectivity index (χ3n) is 5.46. The molecule has 1 N–H and O–H groups in total. The van der Waals surface area contributed by atoms with Crippen molar-refractivity contribution in [1.29, 1.82) is 0 Å². The molecule has 0 spiro atoms. The second-order valence-electron chi connectivity index (χ2n) is 7.74. The summed E-state index contributed by atoms with van der Waals surface area (Å²) in [7, 11) is -3.07. The molecule has 32 heavy (non-hydrogen) atoms. The SMILES string of the molecule is Cc1nn(C2CCS(=O)(=O)C2)c(Cl)c1/C=C/C(=O)OCCCn1c(=O)[nH]c2ccccc21. The maximum Gasteiger partial charge on any atom is 0.330 e. The molecule has 1 fully saturated rings. The summed E-state index contributed by atoms with van der Waals surface area (Å²) in [5, 5.41) is 4.65. The summed E-state index contributed by atoms with van der Waals surface area (Å²) in [6.45, 7) is 2.32. The van der Waals surface area contributed by atoms with Crippen LogP contribution in [0.2, 0.25) is 5.15 Å². The molecular formula is C21H23ClN4O5S. The molecule has 0 aliphatic carbocycles. The van der Waals surface area contributed by atoms with E-state index in [0.717, 1.165) is 11.0 Å². The molecule has 1 aliphatic heterocycles. The van der Waals surface area contributed by atoms with Crippen molar-refractivity contribution < 1.29 is 17.9 Å². The molecule has 1 atom stereocenters. The Morgan fingerprint density at radius 2 is 2.16 bits per heavy atom. The van der Waals surface area contributed by atoms with Gasteiger partial charge in [-0.1, -0.05) is 23.7 Å². The highest BCUT2D eigenvalue weighted by atomic mass is 35.5. The molecule has 9 nitrogen and oxygen atoms in total. The van der Waals surface area contributed by atoms with Crippen LogP contribution in [0.25, 0.3) is 17.1 Å². The third-order valence-corrected chi connectivity index (χ3v) is 7.59. The van der Waals surface area contributed by atoms with Crippen LogP contribution in [0.15, 0.2) is 35.1 Å². The highest BCUT2D eigenvalue weighted by Gasteiger charge is 2.31. The summed E-state index contributed by atoms with van der Waals surface area (Å²) in [5.74, 6) is -0.406. The lowest BCUT2D eigenvalue weighted by atomic mass is 10.2. The summed E-state index contributed by atoms with van der Waals surface area (Å²) in [5.41, 5.74) is 2.52. The van der Waals surface area contributed by atoms with Crippen LogP contribution in [0.4, 0.5) is 0 Å². The standard InChI is InChI=1S/C21H23ClN4O5S/c1-14-16(20(22)26(24-14)15-9-12-32(29,30)13-15)7-8-19(27)31-11-4-10-25-18-6-3-2-5-17(18)23-21(25)28/h2-3,5-8,15H,4,9-13H2,1H3,(H,23,28)/b8-7+. The zero-order valence-corrected chi connectivity index (χ0v) is 19.0. The van der Waals surface area contributed by atoms with Crippen LogP contribution in [0.1, 0.15) is 30.1 Å². The van der Waals surface area contributed by atoms with E-state index in [1.807, 2.05) is 24.3 Å². The quantitative estimate of drug-likeness (QED) is 0.317.